The molecule has 0 heterocycles. The first kappa shape index (κ1) is 11.3. The largest absolute Gasteiger partial charge is 0.371 e. The van der Waals surface area contributed by atoms with Crippen LogP contribution in [0.2, 0.25) is 0 Å². The van der Waals surface area contributed by atoms with Gasteiger partial charge in [-0.3, -0.25) is 0 Å². The van der Waals surface area contributed by atoms with Crippen molar-refractivity contribution in [1.29, 1.82) is 0 Å². The Morgan fingerprint density at radius 1 is 1.38 bits per heavy atom. The van der Waals surface area contributed by atoms with E-state index in [0.717, 1.165) is 19.2 Å². The van der Waals surface area contributed by atoms with Crippen molar-refractivity contribution in [2.24, 2.45) is 0 Å². The SMILES string of the molecule is CN(CCNC1CC1)c1ccc(F)cc1F. The monoisotopic (exact) mass is 226 g/mol. The number of benzene rings is 1. The highest BCUT2D eigenvalue weighted by Gasteiger charge is 2.20. The molecule has 88 valence electrons. The minimum atomic E-state index is -0.536. The number of halogens is 2. The van der Waals surface area contributed by atoms with Crippen LogP contribution in [0.5, 0.6) is 0 Å². The molecule has 1 aromatic carbocycles. The van der Waals surface area contributed by atoms with Crippen LogP contribution in [0, 0.1) is 11.6 Å². The molecular weight excluding hydrogens is 210 g/mol. The van der Waals surface area contributed by atoms with Crippen LogP contribution in [0.15, 0.2) is 18.2 Å². The van der Waals surface area contributed by atoms with E-state index in [1.165, 1.54) is 25.0 Å². The molecule has 1 fully saturated rings. The average molecular weight is 226 g/mol. The highest BCUT2D eigenvalue weighted by atomic mass is 19.1. The summed E-state index contributed by atoms with van der Waals surface area (Å²) in [7, 11) is 1.81. The van der Waals surface area contributed by atoms with Crippen LogP contribution < -0.4 is 10.2 Å². The first-order valence-electron chi connectivity index (χ1n) is 5.56. The van der Waals surface area contributed by atoms with Crippen molar-refractivity contribution in [2.45, 2.75) is 18.9 Å². The molecule has 4 heteroatoms. The van der Waals surface area contributed by atoms with Crippen molar-refractivity contribution in [1.82, 2.24) is 5.32 Å². The van der Waals surface area contributed by atoms with E-state index in [4.69, 9.17) is 0 Å². The summed E-state index contributed by atoms with van der Waals surface area (Å²) in [5.74, 6) is -1.04. The van der Waals surface area contributed by atoms with E-state index in [1.54, 1.807) is 4.90 Å². The molecule has 1 aliphatic carbocycles. The van der Waals surface area contributed by atoms with Crippen LogP contribution in [0.4, 0.5) is 14.5 Å². The van der Waals surface area contributed by atoms with Crippen molar-refractivity contribution in [3.63, 3.8) is 0 Å². The first-order chi connectivity index (χ1) is 7.66. The molecule has 0 saturated heterocycles. The zero-order chi connectivity index (χ0) is 11.5. The molecule has 0 unspecified atom stereocenters. The molecular formula is C12H16F2N2. The Kier molecular flexibility index (Phi) is 3.39. The van der Waals surface area contributed by atoms with Gasteiger partial charge in [0.2, 0.25) is 0 Å². The molecule has 1 aliphatic rings. The van der Waals surface area contributed by atoms with Crippen LogP contribution in [0.3, 0.4) is 0 Å². The van der Waals surface area contributed by atoms with Gasteiger partial charge in [0, 0.05) is 32.2 Å². The minimum absolute atomic E-state index is 0.444. The van der Waals surface area contributed by atoms with Gasteiger partial charge in [-0.2, -0.15) is 0 Å². The number of hydrogen-bond acceptors (Lipinski definition) is 2. The summed E-state index contributed by atoms with van der Waals surface area (Å²) in [5, 5.41) is 3.35. The van der Waals surface area contributed by atoms with Gasteiger partial charge in [-0.1, -0.05) is 0 Å². The number of anilines is 1. The van der Waals surface area contributed by atoms with Crippen molar-refractivity contribution in [3.8, 4) is 0 Å². The van der Waals surface area contributed by atoms with Crippen LogP contribution in [-0.4, -0.2) is 26.2 Å². The second-order valence-corrected chi connectivity index (χ2v) is 4.25. The third-order valence-electron chi connectivity index (χ3n) is 2.78. The average Bonchev–Trinajstić information content (AvgIpc) is 3.01. The van der Waals surface area contributed by atoms with Crippen LogP contribution in [-0.2, 0) is 0 Å². The lowest BCUT2D eigenvalue weighted by Crippen LogP contribution is -2.30. The summed E-state index contributed by atoms with van der Waals surface area (Å²) in [6.07, 6.45) is 2.49. The van der Waals surface area contributed by atoms with Crippen molar-refractivity contribution >= 4 is 5.69 Å². The topological polar surface area (TPSA) is 15.3 Å². The normalized spacial score (nSPS) is 15.2. The van der Waals surface area contributed by atoms with Gasteiger partial charge < -0.3 is 10.2 Å². The Morgan fingerprint density at radius 2 is 2.12 bits per heavy atom. The van der Waals surface area contributed by atoms with Gasteiger partial charge in [0.25, 0.3) is 0 Å². The molecule has 1 N–H and O–H groups in total. The number of nitrogens with zero attached hydrogens (tertiary/aromatic N) is 1. The number of rotatable bonds is 5. The fraction of sp³-hybridized carbons (Fsp3) is 0.500. The third-order valence-corrected chi connectivity index (χ3v) is 2.78. The quantitative estimate of drug-likeness (QED) is 0.827. The first-order valence-corrected chi connectivity index (χ1v) is 5.56. The zero-order valence-electron chi connectivity index (χ0n) is 9.34. The van der Waals surface area contributed by atoms with Crippen molar-refractivity contribution < 1.29 is 8.78 Å². The Hall–Kier alpha value is -1.16. The second-order valence-electron chi connectivity index (χ2n) is 4.25. The number of nitrogens with one attached hydrogen (secondary N) is 1. The molecule has 0 amide bonds. The van der Waals surface area contributed by atoms with E-state index < -0.39 is 11.6 Å². The molecule has 2 rings (SSSR count). The predicted octanol–water partition coefficient (Wildman–Crippen LogP) is 2.15. The van der Waals surface area contributed by atoms with E-state index in [1.807, 2.05) is 7.05 Å². The smallest absolute Gasteiger partial charge is 0.149 e. The van der Waals surface area contributed by atoms with Gasteiger partial charge in [-0.15, -0.1) is 0 Å². The second kappa shape index (κ2) is 4.78. The molecule has 0 spiro atoms. The van der Waals surface area contributed by atoms with Gasteiger partial charge >= 0.3 is 0 Å². The zero-order valence-corrected chi connectivity index (χ0v) is 9.34. The maximum Gasteiger partial charge on any atom is 0.149 e. The van der Waals surface area contributed by atoms with Crippen LogP contribution in [0.25, 0.3) is 0 Å². The molecule has 16 heavy (non-hydrogen) atoms. The Bertz CT molecular complexity index is 364. The van der Waals surface area contributed by atoms with E-state index in [2.05, 4.69) is 5.32 Å². The summed E-state index contributed by atoms with van der Waals surface area (Å²) in [6, 6.07) is 4.33. The van der Waals surface area contributed by atoms with E-state index in [0.29, 0.717) is 11.7 Å². The van der Waals surface area contributed by atoms with E-state index in [9.17, 15) is 8.78 Å². The highest BCUT2D eigenvalue weighted by molar-refractivity contribution is 5.46. The Morgan fingerprint density at radius 3 is 2.75 bits per heavy atom. The summed E-state index contributed by atoms with van der Waals surface area (Å²) in [5.41, 5.74) is 0.444. The fourth-order valence-corrected chi connectivity index (χ4v) is 1.64. The summed E-state index contributed by atoms with van der Waals surface area (Å²) >= 11 is 0. The highest BCUT2D eigenvalue weighted by Crippen LogP contribution is 2.20. The van der Waals surface area contributed by atoms with Gasteiger partial charge in [0.05, 0.1) is 5.69 Å². The molecule has 0 aromatic heterocycles. The fourth-order valence-electron chi connectivity index (χ4n) is 1.64. The lowest BCUT2D eigenvalue weighted by molar-refractivity contribution is 0.579. The van der Waals surface area contributed by atoms with Crippen LogP contribution in [0.1, 0.15) is 12.8 Å². The van der Waals surface area contributed by atoms with Crippen LogP contribution >= 0.6 is 0 Å². The summed E-state index contributed by atoms with van der Waals surface area (Å²) < 4.78 is 26.1. The third kappa shape index (κ3) is 2.92. The van der Waals surface area contributed by atoms with Gasteiger partial charge in [0.1, 0.15) is 11.6 Å². The molecule has 1 saturated carbocycles. The lowest BCUT2D eigenvalue weighted by atomic mass is 10.2. The van der Waals surface area contributed by atoms with E-state index >= 15 is 0 Å². The van der Waals surface area contributed by atoms with Crippen molar-refractivity contribution in [2.75, 3.05) is 25.0 Å². The predicted molar refractivity (Wildman–Crippen MR) is 60.7 cm³/mol. The standard InChI is InChI=1S/C12H16F2N2/c1-16(7-6-15-10-3-4-10)12-5-2-9(13)8-11(12)14/h2,5,8,10,15H,3-4,6-7H2,1H3. The van der Waals surface area contributed by atoms with Crippen molar-refractivity contribution in [3.05, 3.63) is 29.8 Å². The number of likely N-dealkylation sites (N-methyl/N-ethyl adjacent to an activating group) is 1. The molecule has 0 aliphatic heterocycles. The van der Waals surface area contributed by atoms with Gasteiger partial charge in [-0.05, 0) is 25.0 Å². The molecule has 0 atom stereocenters. The number of hydrogen-bond donors (Lipinski definition) is 1. The summed E-state index contributed by atoms with van der Waals surface area (Å²) in [4.78, 5) is 1.80. The minimum Gasteiger partial charge on any atom is -0.371 e. The van der Waals surface area contributed by atoms with Gasteiger partial charge in [-0.25, -0.2) is 8.78 Å². The van der Waals surface area contributed by atoms with E-state index in [-0.39, 0.29) is 0 Å². The van der Waals surface area contributed by atoms with Gasteiger partial charge in [0.15, 0.2) is 0 Å². The Labute approximate surface area is 94.3 Å². The molecule has 1 aromatic rings. The Balaban J connectivity index is 1.88. The molecule has 2 nitrogen and oxygen atoms in total. The molecule has 0 radical (unpaired) electrons. The molecule has 0 bridgehead atoms. The maximum atomic E-state index is 13.4. The maximum absolute atomic E-state index is 13.4. The summed E-state index contributed by atoms with van der Waals surface area (Å²) in [6.45, 7) is 1.55. The lowest BCUT2D eigenvalue weighted by Gasteiger charge is -2.20.